The van der Waals surface area contributed by atoms with Crippen LogP contribution in [-0.4, -0.2) is 67.7 Å². The second-order valence-corrected chi connectivity index (χ2v) is 8.64. The van der Waals surface area contributed by atoms with Crippen LogP contribution >= 0.6 is 12.2 Å². The van der Waals surface area contributed by atoms with Crippen LogP contribution in [0.2, 0.25) is 0 Å². The van der Waals surface area contributed by atoms with E-state index in [4.69, 9.17) is 31.2 Å². The highest BCUT2D eigenvalue weighted by molar-refractivity contribution is 7.80. The van der Waals surface area contributed by atoms with Crippen molar-refractivity contribution >= 4 is 28.2 Å². The van der Waals surface area contributed by atoms with Crippen LogP contribution in [0.15, 0.2) is 23.0 Å². The highest BCUT2D eigenvalue weighted by Gasteiger charge is 2.23. The van der Waals surface area contributed by atoms with Gasteiger partial charge in [0.15, 0.2) is 16.6 Å². The van der Waals surface area contributed by atoms with Gasteiger partial charge in [0.25, 0.3) is 5.56 Å². The Morgan fingerprint density at radius 1 is 1.12 bits per heavy atom. The summed E-state index contributed by atoms with van der Waals surface area (Å²) in [6.07, 6.45) is 4.46. The Balaban J connectivity index is 1.55. The van der Waals surface area contributed by atoms with E-state index in [1.54, 1.807) is 20.3 Å². The molecule has 1 aromatic carbocycles. The van der Waals surface area contributed by atoms with Crippen LogP contribution in [0.5, 0.6) is 11.5 Å². The summed E-state index contributed by atoms with van der Waals surface area (Å²) in [5.74, 6) is 1.19. The quantitative estimate of drug-likeness (QED) is 0.581. The third-order valence-corrected chi connectivity index (χ3v) is 6.43. The van der Waals surface area contributed by atoms with E-state index in [0.29, 0.717) is 47.3 Å². The normalized spacial score (nSPS) is 20.4. The van der Waals surface area contributed by atoms with Crippen molar-refractivity contribution in [3.05, 3.63) is 34.1 Å². The molecule has 174 valence electrons. The van der Waals surface area contributed by atoms with E-state index in [0.717, 1.165) is 44.3 Å². The molecule has 0 saturated carbocycles. The van der Waals surface area contributed by atoms with Gasteiger partial charge in [-0.1, -0.05) is 0 Å². The number of rotatable bonds is 8. The minimum Gasteiger partial charge on any atom is -0.493 e. The molecule has 2 fully saturated rings. The van der Waals surface area contributed by atoms with Crippen LogP contribution in [-0.2, 0) is 16.0 Å². The molecule has 0 bridgehead atoms. The maximum Gasteiger partial charge on any atom is 0.253 e. The minimum atomic E-state index is -0.149. The average Bonchev–Trinajstić information content (AvgIpc) is 3.51. The summed E-state index contributed by atoms with van der Waals surface area (Å²) in [4.78, 5) is 17.9. The molecule has 3 heterocycles. The Bertz CT molecular complexity index is 999. The zero-order valence-electron chi connectivity index (χ0n) is 18.6. The van der Waals surface area contributed by atoms with Gasteiger partial charge in [0, 0.05) is 43.3 Å². The number of pyridine rings is 1. The fraction of sp³-hybridized carbons (Fsp3) is 0.565. The predicted molar refractivity (Wildman–Crippen MR) is 127 cm³/mol. The third-order valence-electron chi connectivity index (χ3n) is 6.03. The van der Waals surface area contributed by atoms with Crippen LogP contribution < -0.4 is 20.3 Å². The Hall–Kier alpha value is -2.36. The molecule has 32 heavy (non-hydrogen) atoms. The first kappa shape index (κ1) is 22.8. The van der Waals surface area contributed by atoms with Crippen molar-refractivity contribution in [3.63, 3.8) is 0 Å². The van der Waals surface area contributed by atoms with Gasteiger partial charge in [-0.2, -0.15) is 0 Å². The fourth-order valence-corrected chi connectivity index (χ4v) is 4.50. The summed E-state index contributed by atoms with van der Waals surface area (Å²) in [7, 11) is 3.17. The number of methoxy groups -OCH3 is 2. The molecule has 2 aliphatic rings. The zero-order chi connectivity index (χ0) is 22.5. The SMILES string of the molecule is COc1cc2cc(CN(C[C@H]3CCCO3)C(=S)NC[C@H]3CCCO3)c(=O)[nH]c2cc1OC. The Labute approximate surface area is 193 Å². The Kier molecular flexibility index (Phi) is 7.49. The van der Waals surface area contributed by atoms with Crippen molar-refractivity contribution in [2.45, 2.75) is 44.4 Å². The summed E-state index contributed by atoms with van der Waals surface area (Å²) in [6.45, 7) is 3.27. The van der Waals surface area contributed by atoms with Crippen LogP contribution in [0.4, 0.5) is 0 Å². The van der Waals surface area contributed by atoms with Gasteiger partial charge in [0.1, 0.15) is 0 Å². The van der Waals surface area contributed by atoms with Gasteiger partial charge < -0.3 is 34.1 Å². The molecule has 0 amide bonds. The molecule has 4 rings (SSSR count). The smallest absolute Gasteiger partial charge is 0.253 e. The first-order chi connectivity index (χ1) is 15.6. The number of ether oxygens (including phenoxy) is 4. The lowest BCUT2D eigenvalue weighted by atomic mass is 10.1. The molecule has 0 aliphatic carbocycles. The van der Waals surface area contributed by atoms with Gasteiger partial charge >= 0.3 is 0 Å². The van der Waals surface area contributed by atoms with Gasteiger partial charge in [-0.3, -0.25) is 4.79 Å². The average molecular weight is 462 g/mol. The van der Waals surface area contributed by atoms with Gasteiger partial charge in [-0.15, -0.1) is 0 Å². The van der Waals surface area contributed by atoms with Gasteiger partial charge in [0.2, 0.25) is 0 Å². The predicted octanol–water partition coefficient (Wildman–Crippen LogP) is 2.58. The minimum absolute atomic E-state index is 0.112. The second kappa shape index (κ2) is 10.5. The number of hydrogen-bond acceptors (Lipinski definition) is 6. The summed E-state index contributed by atoms with van der Waals surface area (Å²) < 4.78 is 22.3. The van der Waals surface area contributed by atoms with E-state index in [1.165, 1.54) is 0 Å². The molecule has 0 unspecified atom stereocenters. The standard InChI is InChI=1S/C23H31N3O5S/c1-28-20-10-15-9-16(22(27)25-19(15)11-21(20)29-2)13-26(14-18-6-4-8-31-18)23(32)24-12-17-5-3-7-30-17/h9-11,17-18H,3-8,12-14H2,1-2H3,(H,24,32)(H,25,27)/t17-,18-/m1/s1. The summed E-state index contributed by atoms with van der Waals surface area (Å²) in [5, 5.41) is 4.82. The summed E-state index contributed by atoms with van der Waals surface area (Å²) in [6, 6.07) is 5.53. The molecule has 2 saturated heterocycles. The van der Waals surface area contributed by atoms with E-state index in [1.807, 2.05) is 17.0 Å². The first-order valence-electron chi connectivity index (χ1n) is 11.1. The van der Waals surface area contributed by atoms with Gasteiger partial charge in [-0.25, -0.2) is 0 Å². The molecule has 2 aliphatic heterocycles. The van der Waals surface area contributed by atoms with E-state index in [9.17, 15) is 4.79 Å². The number of hydrogen-bond donors (Lipinski definition) is 2. The molecular weight excluding hydrogens is 430 g/mol. The van der Waals surface area contributed by atoms with Crippen LogP contribution in [0, 0.1) is 0 Å². The molecule has 8 nitrogen and oxygen atoms in total. The summed E-state index contributed by atoms with van der Waals surface area (Å²) >= 11 is 5.71. The van der Waals surface area contributed by atoms with Crippen LogP contribution in [0.25, 0.3) is 10.9 Å². The lowest BCUT2D eigenvalue weighted by molar-refractivity contribution is 0.0885. The maximum atomic E-state index is 12.9. The zero-order valence-corrected chi connectivity index (χ0v) is 19.5. The lowest BCUT2D eigenvalue weighted by Crippen LogP contribution is -2.45. The molecular formula is C23H31N3O5S. The number of nitrogens with zero attached hydrogens (tertiary/aromatic N) is 1. The molecule has 1 aromatic heterocycles. The first-order valence-corrected chi connectivity index (χ1v) is 11.5. The molecule has 9 heteroatoms. The van der Waals surface area contributed by atoms with E-state index < -0.39 is 0 Å². The Morgan fingerprint density at radius 3 is 2.47 bits per heavy atom. The summed E-state index contributed by atoms with van der Waals surface area (Å²) in [5.41, 5.74) is 1.18. The second-order valence-electron chi connectivity index (χ2n) is 8.25. The van der Waals surface area contributed by atoms with Crippen LogP contribution in [0.3, 0.4) is 0 Å². The highest BCUT2D eigenvalue weighted by atomic mass is 32.1. The van der Waals surface area contributed by atoms with E-state index in [-0.39, 0.29) is 17.8 Å². The number of benzene rings is 1. The van der Waals surface area contributed by atoms with Crippen molar-refractivity contribution in [1.29, 1.82) is 0 Å². The topological polar surface area (TPSA) is 85.1 Å². The molecule has 0 spiro atoms. The number of H-pyrrole nitrogens is 1. The van der Waals surface area contributed by atoms with Crippen molar-refractivity contribution in [2.24, 2.45) is 0 Å². The number of nitrogens with one attached hydrogen (secondary N) is 2. The number of fused-ring (bicyclic) bond motifs is 1. The maximum absolute atomic E-state index is 12.9. The largest absolute Gasteiger partial charge is 0.493 e. The van der Waals surface area contributed by atoms with Crippen molar-refractivity contribution in [3.8, 4) is 11.5 Å². The van der Waals surface area contributed by atoms with Crippen molar-refractivity contribution in [1.82, 2.24) is 15.2 Å². The molecule has 2 N–H and O–H groups in total. The van der Waals surface area contributed by atoms with Gasteiger partial charge in [-0.05, 0) is 50.0 Å². The van der Waals surface area contributed by atoms with Crippen molar-refractivity contribution in [2.75, 3.05) is 40.5 Å². The van der Waals surface area contributed by atoms with E-state index >= 15 is 0 Å². The molecule has 2 atom stereocenters. The lowest BCUT2D eigenvalue weighted by Gasteiger charge is -2.28. The molecule has 0 radical (unpaired) electrons. The Morgan fingerprint density at radius 2 is 1.81 bits per heavy atom. The number of aromatic amines is 1. The fourth-order valence-electron chi connectivity index (χ4n) is 4.27. The number of aromatic nitrogens is 1. The molecule has 2 aromatic rings. The van der Waals surface area contributed by atoms with Crippen LogP contribution in [0.1, 0.15) is 31.2 Å². The number of thiocarbonyl (C=S) groups is 1. The highest BCUT2D eigenvalue weighted by Crippen LogP contribution is 2.31. The van der Waals surface area contributed by atoms with Crippen molar-refractivity contribution < 1.29 is 18.9 Å². The monoisotopic (exact) mass is 461 g/mol. The van der Waals surface area contributed by atoms with E-state index in [2.05, 4.69) is 10.3 Å². The third kappa shape index (κ3) is 5.33. The van der Waals surface area contributed by atoms with Gasteiger partial charge in [0.05, 0.1) is 38.5 Å².